The largest absolute Gasteiger partial charge is 0.381 e. The SMILES string of the molecule is O=C(NCC(=O)N1CC2(CCOC2)C1)c1ccc(F)c(F)c1. The second-order valence-corrected chi connectivity index (χ2v) is 5.86. The first-order valence-electron chi connectivity index (χ1n) is 7.08. The Hall–Kier alpha value is -2.02. The van der Waals surface area contributed by atoms with Gasteiger partial charge in [0.25, 0.3) is 5.91 Å². The first kappa shape index (κ1) is 14.9. The molecule has 0 saturated carbocycles. The summed E-state index contributed by atoms with van der Waals surface area (Å²) >= 11 is 0. The van der Waals surface area contributed by atoms with Crippen molar-refractivity contribution in [3.05, 3.63) is 35.4 Å². The van der Waals surface area contributed by atoms with Crippen molar-refractivity contribution >= 4 is 11.8 Å². The van der Waals surface area contributed by atoms with Crippen LogP contribution in [0.25, 0.3) is 0 Å². The number of hydrogen-bond donors (Lipinski definition) is 1. The lowest BCUT2D eigenvalue weighted by atomic mass is 9.79. The maximum absolute atomic E-state index is 13.1. The van der Waals surface area contributed by atoms with Crippen LogP contribution in [0.2, 0.25) is 0 Å². The highest BCUT2D eigenvalue weighted by Crippen LogP contribution is 2.37. The van der Waals surface area contributed by atoms with E-state index in [1.165, 1.54) is 6.07 Å². The average Bonchev–Trinajstić information content (AvgIpc) is 2.95. The van der Waals surface area contributed by atoms with Gasteiger partial charge in [-0.15, -0.1) is 0 Å². The summed E-state index contributed by atoms with van der Waals surface area (Å²) in [4.78, 5) is 25.4. The van der Waals surface area contributed by atoms with Crippen LogP contribution in [0, 0.1) is 17.0 Å². The highest BCUT2D eigenvalue weighted by atomic mass is 19.2. The smallest absolute Gasteiger partial charge is 0.251 e. The molecular formula is C15H16F2N2O3. The molecule has 2 heterocycles. The van der Waals surface area contributed by atoms with E-state index in [2.05, 4.69) is 5.32 Å². The molecule has 118 valence electrons. The van der Waals surface area contributed by atoms with Crippen LogP contribution in [0.5, 0.6) is 0 Å². The molecule has 0 aromatic heterocycles. The first-order valence-corrected chi connectivity index (χ1v) is 7.08. The maximum atomic E-state index is 13.1. The van der Waals surface area contributed by atoms with Crippen LogP contribution < -0.4 is 5.32 Å². The van der Waals surface area contributed by atoms with Crippen LogP contribution >= 0.6 is 0 Å². The number of hydrogen-bond acceptors (Lipinski definition) is 3. The fraction of sp³-hybridized carbons (Fsp3) is 0.467. The van der Waals surface area contributed by atoms with Crippen LogP contribution in [0.4, 0.5) is 8.78 Å². The van der Waals surface area contributed by atoms with E-state index in [4.69, 9.17) is 4.74 Å². The number of carbonyl (C=O) groups excluding carboxylic acids is 2. The van der Waals surface area contributed by atoms with Gasteiger partial charge in [0, 0.05) is 30.7 Å². The third-order valence-corrected chi connectivity index (χ3v) is 4.17. The quantitative estimate of drug-likeness (QED) is 0.904. The lowest BCUT2D eigenvalue weighted by molar-refractivity contribution is -0.142. The van der Waals surface area contributed by atoms with Gasteiger partial charge in [-0.25, -0.2) is 8.78 Å². The van der Waals surface area contributed by atoms with Gasteiger partial charge in [0.2, 0.25) is 5.91 Å². The Morgan fingerprint density at radius 2 is 2.05 bits per heavy atom. The molecule has 2 saturated heterocycles. The third-order valence-electron chi connectivity index (χ3n) is 4.17. The molecule has 22 heavy (non-hydrogen) atoms. The van der Waals surface area contributed by atoms with Gasteiger partial charge in [-0.2, -0.15) is 0 Å². The Morgan fingerprint density at radius 1 is 1.27 bits per heavy atom. The summed E-state index contributed by atoms with van der Waals surface area (Å²) in [6.07, 6.45) is 0.956. The number of nitrogens with zero attached hydrogens (tertiary/aromatic N) is 1. The van der Waals surface area contributed by atoms with Gasteiger partial charge >= 0.3 is 0 Å². The highest BCUT2D eigenvalue weighted by Gasteiger charge is 2.47. The number of rotatable bonds is 3. The number of benzene rings is 1. The van der Waals surface area contributed by atoms with Crippen LogP contribution in [-0.2, 0) is 9.53 Å². The Kier molecular flexibility index (Phi) is 3.82. The minimum absolute atomic E-state index is 0.0176. The van der Waals surface area contributed by atoms with E-state index in [1.54, 1.807) is 4.90 Å². The normalized spacial score (nSPS) is 19.1. The maximum Gasteiger partial charge on any atom is 0.251 e. The van der Waals surface area contributed by atoms with E-state index < -0.39 is 17.5 Å². The summed E-state index contributed by atoms with van der Waals surface area (Å²) in [7, 11) is 0. The summed E-state index contributed by atoms with van der Waals surface area (Å²) in [5.74, 6) is -2.90. The minimum Gasteiger partial charge on any atom is -0.381 e. The molecule has 2 fully saturated rings. The number of amides is 2. The highest BCUT2D eigenvalue weighted by molar-refractivity contribution is 5.96. The van der Waals surface area contributed by atoms with E-state index in [0.29, 0.717) is 19.7 Å². The van der Waals surface area contributed by atoms with Gasteiger partial charge in [0.15, 0.2) is 11.6 Å². The van der Waals surface area contributed by atoms with Crippen LogP contribution in [0.3, 0.4) is 0 Å². The van der Waals surface area contributed by atoms with Crippen molar-refractivity contribution < 1.29 is 23.1 Å². The second kappa shape index (κ2) is 5.64. The third kappa shape index (κ3) is 2.81. The molecule has 1 spiro atoms. The number of likely N-dealkylation sites (tertiary alicyclic amines) is 1. The zero-order valence-electron chi connectivity index (χ0n) is 11.9. The van der Waals surface area contributed by atoms with Gasteiger partial charge in [0.05, 0.1) is 13.2 Å². The topological polar surface area (TPSA) is 58.6 Å². The Morgan fingerprint density at radius 3 is 2.68 bits per heavy atom. The van der Waals surface area contributed by atoms with Crippen molar-refractivity contribution in [3.8, 4) is 0 Å². The van der Waals surface area contributed by atoms with Gasteiger partial charge in [0.1, 0.15) is 0 Å². The van der Waals surface area contributed by atoms with E-state index in [9.17, 15) is 18.4 Å². The van der Waals surface area contributed by atoms with Crippen molar-refractivity contribution in [2.45, 2.75) is 6.42 Å². The van der Waals surface area contributed by atoms with Crippen LogP contribution in [-0.4, -0.2) is 49.6 Å². The molecule has 0 aliphatic carbocycles. The summed E-state index contributed by atoms with van der Waals surface area (Å²) in [6.45, 7) is 2.54. The molecule has 0 unspecified atom stereocenters. The van der Waals surface area contributed by atoms with Gasteiger partial charge in [-0.1, -0.05) is 0 Å². The molecular weight excluding hydrogens is 294 g/mol. The van der Waals surface area contributed by atoms with E-state index >= 15 is 0 Å². The van der Waals surface area contributed by atoms with Crippen molar-refractivity contribution in [3.63, 3.8) is 0 Å². The van der Waals surface area contributed by atoms with Gasteiger partial charge < -0.3 is 15.0 Å². The summed E-state index contributed by atoms with van der Waals surface area (Å²) < 4.78 is 31.2. The van der Waals surface area contributed by atoms with Crippen molar-refractivity contribution in [1.29, 1.82) is 0 Å². The van der Waals surface area contributed by atoms with Crippen LogP contribution in [0.1, 0.15) is 16.8 Å². The molecule has 1 aromatic carbocycles. The fourth-order valence-corrected chi connectivity index (χ4v) is 2.85. The summed E-state index contributed by atoms with van der Waals surface area (Å²) in [5, 5.41) is 2.42. The molecule has 2 amide bonds. The number of ether oxygens (including phenoxy) is 1. The van der Waals surface area contributed by atoms with E-state index in [-0.39, 0.29) is 23.4 Å². The molecule has 0 atom stereocenters. The average molecular weight is 310 g/mol. The number of halogens is 2. The monoisotopic (exact) mass is 310 g/mol. The molecule has 0 radical (unpaired) electrons. The lowest BCUT2D eigenvalue weighted by Crippen LogP contribution is -2.60. The molecule has 2 aliphatic rings. The second-order valence-electron chi connectivity index (χ2n) is 5.86. The minimum atomic E-state index is -1.09. The lowest BCUT2D eigenvalue weighted by Gasteiger charge is -2.47. The Balaban J connectivity index is 1.49. The molecule has 1 aromatic rings. The van der Waals surface area contributed by atoms with E-state index in [1.807, 2.05) is 0 Å². The molecule has 1 N–H and O–H groups in total. The fourth-order valence-electron chi connectivity index (χ4n) is 2.85. The Labute approximate surface area is 126 Å². The molecule has 5 nitrogen and oxygen atoms in total. The van der Waals surface area contributed by atoms with E-state index in [0.717, 1.165) is 25.2 Å². The van der Waals surface area contributed by atoms with Crippen LogP contribution in [0.15, 0.2) is 18.2 Å². The summed E-state index contributed by atoms with van der Waals surface area (Å²) in [5.41, 5.74) is 0.0794. The zero-order chi connectivity index (χ0) is 15.7. The summed E-state index contributed by atoms with van der Waals surface area (Å²) in [6, 6.07) is 2.86. The number of nitrogens with one attached hydrogen (secondary N) is 1. The van der Waals surface area contributed by atoms with Crippen molar-refractivity contribution in [2.24, 2.45) is 5.41 Å². The Bertz CT molecular complexity index is 607. The predicted octanol–water partition coefficient (Wildman–Crippen LogP) is 0.943. The molecule has 3 rings (SSSR count). The van der Waals surface area contributed by atoms with Gasteiger partial charge in [-0.3, -0.25) is 9.59 Å². The van der Waals surface area contributed by atoms with Crippen molar-refractivity contribution in [2.75, 3.05) is 32.8 Å². The standard InChI is InChI=1S/C15H16F2N2O3/c16-11-2-1-10(5-12(11)17)14(21)18-6-13(20)19-7-15(8-19)3-4-22-9-15/h1-2,5H,3-4,6-9H2,(H,18,21). The molecule has 7 heteroatoms. The zero-order valence-corrected chi connectivity index (χ0v) is 11.9. The molecule has 2 aliphatic heterocycles. The first-order chi connectivity index (χ1) is 10.5. The van der Waals surface area contributed by atoms with Gasteiger partial charge in [-0.05, 0) is 24.6 Å². The predicted molar refractivity (Wildman–Crippen MR) is 73.1 cm³/mol. The van der Waals surface area contributed by atoms with Crippen molar-refractivity contribution in [1.82, 2.24) is 10.2 Å². The number of carbonyl (C=O) groups is 2. The molecule has 0 bridgehead atoms.